The summed E-state index contributed by atoms with van der Waals surface area (Å²) in [5, 5.41) is 19.1. The number of rotatable bonds is 6. The molecule has 0 aliphatic heterocycles. The van der Waals surface area contributed by atoms with Gasteiger partial charge in [-0.2, -0.15) is 22.8 Å². The van der Waals surface area contributed by atoms with Crippen LogP contribution in [-0.2, 0) is 6.18 Å². The maximum atomic E-state index is 13.0. The Hall–Kier alpha value is -5.20. The monoisotopic (exact) mass is 520 g/mol. The minimum atomic E-state index is -4.50. The standard InChI is InChI=1S/C25H19F3N8O2/c1-14-31-24(36(35-14)23-29-11-4-12-30-23)34-33-20-18-6-3-2-5-15(18)13-19(21(20)37)22(38)32-17-9-7-16(8-10-17)25(26,27)28/h2-13,33,37H,1H3,(H,32,38)(H,31,34,35). The van der Waals surface area contributed by atoms with Crippen LogP contribution in [0.3, 0.4) is 0 Å². The molecule has 10 nitrogen and oxygen atoms in total. The molecule has 2 heterocycles. The van der Waals surface area contributed by atoms with Crippen molar-refractivity contribution in [2.75, 3.05) is 16.2 Å². The zero-order valence-electron chi connectivity index (χ0n) is 19.7. The Labute approximate surface area is 213 Å². The van der Waals surface area contributed by atoms with Gasteiger partial charge in [-0.3, -0.25) is 15.6 Å². The maximum absolute atomic E-state index is 13.0. The number of alkyl halides is 3. The van der Waals surface area contributed by atoms with Gasteiger partial charge in [-0.1, -0.05) is 24.3 Å². The van der Waals surface area contributed by atoms with Crippen molar-refractivity contribution in [3.8, 4) is 11.7 Å². The molecule has 5 aromatic rings. The Morgan fingerprint density at radius 3 is 2.39 bits per heavy atom. The van der Waals surface area contributed by atoms with Gasteiger partial charge in [0.2, 0.25) is 5.95 Å². The Bertz CT molecular complexity index is 1620. The summed E-state index contributed by atoms with van der Waals surface area (Å²) >= 11 is 0. The lowest BCUT2D eigenvalue weighted by Crippen LogP contribution is -2.17. The summed E-state index contributed by atoms with van der Waals surface area (Å²) in [5.74, 6) is -0.194. The first-order chi connectivity index (χ1) is 18.2. The Balaban J connectivity index is 1.46. The van der Waals surface area contributed by atoms with Crippen molar-refractivity contribution in [1.29, 1.82) is 0 Å². The van der Waals surface area contributed by atoms with Gasteiger partial charge < -0.3 is 10.4 Å². The molecule has 0 fully saturated rings. The fraction of sp³-hybridized carbons (Fsp3) is 0.0800. The largest absolute Gasteiger partial charge is 0.505 e. The van der Waals surface area contributed by atoms with Crippen LogP contribution in [0.2, 0.25) is 0 Å². The lowest BCUT2D eigenvalue weighted by atomic mass is 10.0. The number of hydrogen-bond donors (Lipinski definition) is 4. The number of hydrogen-bond acceptors (Lipinski definition) is 8. The van der Waals surface area contributed by atoms with Crippen molar-refractivity contribution in [2.24, 2.45) is 0 Å². The fourth-order valence-corrected chi connectivity index (χ4v) is 3.73. The molecule has 0 unspecified atom stereocenters. The molecule has 38 heavy (non-hydrogen) atoms. The van der Waals surface area contributed by atoms with E-state index < -0.39 is 17.6 Å². The molecule has 0 spiro atoms. The topological polar surface area (TPSA) is 130 Å². The molecule has 1 amide bonds. The highest BCUT2D eigenvalue weighted by molar-refractivity contribution is 6.12. The second-order valence-corrected chi connectivity index (χ2v) is 8.09. The summed E-state index contributed by atoms with van der Waals surface area (Å²) in [4.78, 5) is 25.7. The minimum absolute atomic E-state index is 0.100. The Morgan fingerprint density at radius 2 is 1.68 bits per heavy atom. The molecule has 5 rings (SSSR count). The first kappa shape index (κ1) is 24.5. The summed E-state index contributed by atoms with van der Waals surface area (Å²) in [6, 6.07) is 14.2. The highest BCUT2D eigenvalue weighted by Gasteiger charge is 2.30. The van der Waals surface area contributed by atoms with E-state index in [-0.39, 0.29) is 34.6 Å². The molecule has 0 bridgehead atoms. The third kappa shape index (κ3) is 4.89. The smallest absolute Gasteiger partial charge is 0.416 e. The molecule has 0 saturated carbocycles. The first-order valence-electron chi connectivity index (χ1n) is 11.2. The van der Waals surface area contributed by atoms with E-state index in [4.69, 9.17) is 0 Å². The zero-order chi connectivity index (χ0) is 26.9. The number of phenolic OH excluding ortho intramolecular Hbond substituents is 1. The zero-order valence-corrected chi connectivity index (χ0v) is 19.7. The van der Waals surface area contributed by atoms with Crippen molar-refractivity contribution >= 4 is 34.0 Å². The SMILES string of the molecule is Cc1nc(NNc2c(O)c(C(=O)Nc3ccc(C(F)(F)F)cc3)cc3ccccc23)n(-c2ncccn2)n1. The van der Waals surface area contributed by atoms with E-state index in [9.17, 15) is 23.1 Å². The van der Waals surface area contributed by atoms with Crippen molar-refractivity contribution in [3.63, 3.8) is 0 Å². The fourth-order valence-electron chi connectivity index (χ4n) is 3.73. The third-order valence-corrected chi connectivity index (χ3v) is 5.49. The number of amides is 1. The van der Waals surface area contributed by atoms with E-state index in [2.05, 4.69) is 36.2 Å². The van der Waals surface area contributed by atoms with Crippen molar-refractivity contribution in [2.45, 2.75) is 13.1 Å². The van der Waals surface area contributed by atoms with Crippen LogP contribution in [0.25, 0.3) is 16.7 Å². The van der Waals surface area contributed by atoms with E-state index in [0.29, 0.717) is 16.6 Å². The number of aryl methyl sites for hydroxylation is 1. The average Bonchev–Trinajstić information content (AvgIpc) is 3.28. The number of halogens is 3. The lowest BCUT2D eigenvalue weighted by molar-refractivity contribution is -0.137. The van der Waals surface area contributed by atoms with Crippen LogP contribution < -0.4 is 16.2 Å². The van der Waals surface area contributed by atoms with E-state index in [1.165, 1.54) is 10.7 Å². The second-order valence-electron chi connectivity index (χ2n) is 8.09. The molecular weight excluding hydrogens is 501 g/mol. The number of hydrazine groups is 1. The third-order valence-electron chi connectivity index (χ3n) is 5.49. The summed E-state index contributed by atoms with van der Waals surface area (Å²) < 4.78 is 39.9. The minimum Gasteiger partial charge on any atom is -0.505 e. The van der Waals surface area contributed by atoms with Gasteiger partial charge in [0.05, 0.1) is 11.1 Å². The van der Waals surface area contributed by atoms with Crippen molar-refractivity contribution < 1.29 is 23.1 Å². The highest BCUT2D eigenvalue weighted by Crippen LogP contribution is 2.37. The molecule has 0 saturated heterocycles. The van der Waals surface area contributed by atoms with Gasteiger partial charge in [-0.25, -0.2) is 9.97 Å². The van der Waals surface area contributed by atoms with Gasteiger partial charge in [-0.05, 0) is 48.7 Å². The average molecular weight is 520 g/mol. The van der Waals surface area contributed by atoms with Crippen LogP contribution in [0, 0.1) is 6.92 Å². The number of carbonyl (C=O) groups excluding carboxylic acids is 1. The summed E-state index contributed by atoms with van der Waals surface area (Å²) in [5.41, 5.74) is 5.13. The second kappa shape index (κ2) is 9.69. The Morgan fingerprint density at radius 1 is 0.974 bits per heavy atom. The van der Waals surface area contributed by atoms with Gasteiger partial charge in [0.1, 0.15) is 11.5 Å². The highest BCUT2D eigenvalue weighted by atomic mass is 19.4. The number of benzene rings is 3. The number of aromatic hydroxyl groups is 1. The van der Waals surface area contributed by atoms with E-state index >= 15 is 0 Å². The maximum Gasteiger partial charge on any atom is 0.416 e. The number of fused-ring (bicyclic) bond motifs is 1. The predicted octanol–water partition coefficient (Wildman–Crippen LogP) is 4.93. The molecular formula is C25H19F3N8O2. The Kier molecular flexibility index (Phi) is 6.24. The first-order valence-corrected chi connectivity index (χ1v) is 11.2. The predicted molar refractivity (Wildman–Crippen MR) is 134 cm³/mol. The van der Waals surface area contributed by atoms with Gasteiger partial charge in [0.15, 0.2) is 5.75 Å². The molecule has 2 aromatic heterocycles. The van der Waals surface area contributed by atoms with Gasteiger partial charge in [0, 0.05) is 23.5 Å². The van der Waals surface area contributed by atoms with Crippen molar-refractivity contribution in [1.82, 2.24) is 24.7 Å². The lowest BCUT2D eigenvalue weighted by Gasteiger charge is -2.16. The molecule has 0 atom stereocenters. The van der Waals surface area contributed by atoms with Crippen LogP contribution >= 0.6 is 0 Å². The molecule has 0 aliphatic rings. The van der Waals surface area contributed by atoms with Crippen molar-refractivity contribution in [3.05, 3.63) is 90.0 Å². The van der Waals surface area contributed by atoms with Crippen LogP contribution in [0.5, 0.6) is 5.75 Å². The van der Waals surface area contributed by atoms with Gasteiger partial charge in [0.25, 0.3) is 11.9 Å². The van der Waals surface area contributed by atoms with Gasteiger partial charge in [-0.15, -0.1) is 5.10 Å². The number of phenols is 1. The summed E-state index contributed by atoms with van der Waals surface area (Å²) in [7, 11) is 0. The molecule has 13 heteroatoms. The van der Waals surface area contributed by atoms with Crippen LogP contribution in [0.4, 0.5) is 30.5 Å². The molecule has 0 radical (unpaired) electrons. The number of nitrogens with one attached hydrogen (secondary N) is 3. The molecule has 4 N–H and O–H groups in total. The summed E-state index contributed by atoms with van der Waals surface area (Å²) in [6.07, 6.45) is -1.40. The molecule has 3 aromatic carbocycles. The number of anilines is 3. The molecule has 0 aliphatic carbocycles. The number of nitrogens with zero attached hydrogens (tertiary/aromatic N) is 5. The quantitative estimate of drug-likeness (QED) is 0.183. The van der Waals surface area contributed by atoms with Crippen LogP contribution in [0.15, 0.2) is 73.1 Å². The number of aromatic nitrogens is 5. The van der Waals surface area contributed by atoms with E-state index in [1.54, 1.807) is 49.6 Å². The number of carbonyl (C=O) groups is 1. The molecule has 192 valence electrons. The normalized spacial score (nSPS) is 11.4. The van der Waals surface area contributed by atoms with Crippen LogP contribution in [0.1, 0.15) is 21.7 Å². The van der Waals surface area contributed by atoms with E-state index in [0.717, 1.165) is 24.3 Å². The van der Waals surface area contributed by atoms with Crippen LogP contribution in [-0.4, -0.2) is 35.7 Å². The summed E-state index contributed by atoms with van der Waals surface area (Å²) in [6.45, 7) is 1.68. The van der Waals surface area contributed by atoms with Gasteiger partial charge >= 0.3 is 6.18 Å². The van der Waals surface area contributed by atoms with E-state index in [1.807, 2.05) is 0 Å².